The molecule has 1 saturated heterocycles. The van der Waals surface area contributed by atoms with Crippen molar-refractivity contribution in [2.75, 3.05) is 13.1 Å². The van der Waals surface area contributed by atoms with E-state index in [0.717, 1.165) is 25.9 Å². The van der Waals surface area contributed by atoms with E-state index in [1.54, 1.807) is 6.07 Å². The van der Waals surface area contributed by atoms with Crippen LogP contribution in [0.2, 0.25) is 0 Å². The topological polar surface area (TPSA) is 29.1 Å². The van der Waals surface area contributed by atoms with Crippen molar-refractivity contribution in [2.45, 2.75) is 12.8 Å². The van der Waals surface area contributed by atoms with Gasteiger partial charge in [-0.2, -0.15) is 0 Å². The monoisotopic (exact) mass is 285 g/mol. The number of carbonyl (C=O) groups is 1. The molecule has 0 bridgehead atoms. The van der Waals surface area contributed by atoms with Gasteiger partial charge in [0.05, 0.1) is 0 Å². The van der Waals surface area contributed by atoms with Crippen molar-refractivity contribution in [3.8, 4) is 0 Å². The van der Waals surface area contributed by atoms with Crippen LogP contribution in [0, 0.1) is 11.7 Å². The van der Waals surface area contributed by atoms with Gasteiger partial charge in [-0.1, -0.05) is 0 Å². The van der Waals surface area contributed by atoms with Crippen molar-refractivity contribution >= 4 is 21.7 Å². The highest BCUT2D eigenvalue weighted by molar-refractivity contribution is 9.10. The smallest absolute Gasteiger partial charge is 0.167 e. The molecule has 1 aliphatic heterocycles. The zero-order chi connectivity index (χ0) is 11.5. The first-order valence-corrected chi connectivity index (χ1v) is 6.18. The molecule has 1 aromatic carbocycles. The summed E-state index contributed by atoms with van der Waals surface area (Å²) in [6.07, 6.45) is 1.73. The lowest BCUT2D eigenvalue weighted by Crippen LogP contribution is -2.32. The van der Waals surface area contributed by atoms with Gasteiger partial charge in [0.2, 0.25) is 0 Å². The van der Waals surface area contributed by atoms with Gasteiger partial charge >= 0.3 is 0 Å². The van der Waals surface area contributed by atoms with Gasteiger partial charge in [0.15, 0.2) is 5.78 Å². The Morgan fingerprint density at radius 1 is 1.38 bits per heavy atom. The Morgan fingerprint density at radius 3 is 2.69 bits per heavy atom. The largest absolute Gasteiger partial charge is 0.317 e. The quantitative estimate of drug-likeness (QED) is 0.847. The standard InChI is InChI=1S/C12H13BrFNO/c13-11-7-9(14)1-2-10(11)12(16)8-3-5-15-6-4-8/h1-2,7-8,15H,3-6H2. The van der Waals surface area contributed by atoms with E-state index in [1.807, 2.05) is 0 Å². The van der Waals surface area contributed by atoms with E-state index >= 15 is 0 Å². The van der Waals surface area contributed by atoms with E-state index < -0.39 is 0 Å². The third-order valence-corrected chi connectivity index (χ3v) is 3.56. The summed E-state index contributed by atoms with van der Waals surface area (Å²) in [6.45, 7) is 1.77. The predicted octanol–water partition coefficient (Wildman–Crippen LogP) is 2.77. The Hall–Kier alpha value is -0.740. The van der Waals surface area contributed by atoms with Gasteiger partial charge < -0.3 is 5.32 Å². The minimum Gasteiger partial charge on any atom is -0.317 e. The average molecular weight is 286 g/mol. The molecule has 1 heterocycles. The van der Waals surface area contributed by atoms with Crippen molar-refractivity contribution in [3.63, 3.8) is 0 Å². The number of piperidine rings is 1. The molecular formula is C12H13BrFNO. The molecule has 0 spiro atoms. The number of Topliss-reactive ketones (excluding diaryl/α,β-unsaturated/α-hetero) is 1. The van der Waals surface area contributed by atoms with Gasteiger partial charge in [-0.25, -0.2) is 4.39 Å². The summed E-state index contributed by atoms with van der Waals surface area (Å²) in [5.74, 6) is -0.134. The molecule has 1 aromatic rings. The van der Waals surface area contributed by atoms with Crippen LogP contribution in [0.15, 0.2) is 22.7 Å². The van der Waals surface area contributed by atoms with E-state index in [9.17, 15) is 9.18 Å². The Kier molecular flexibility index (Phi) is 3.71. The lowest BCUT2D eigenvalue weighted by atomic mass is 9.90. The Labute approximate surface area is 102 Å². The lowest BCUT2D eigenvalue weighted by molar-refractivity contribution is 0.0894. The first kappa shape index (κ1) is 11.7. The number of ketones is 1. The third-order valence-electron chi connectivity index (χ3n) is 2.91. The Morgan fingerprint density at radius 2 is 2.06 bits per heavy atom. The molecule has 4 heteroatoms. The normalized spacial score (nSPS) is 17.4. The molecule has 0 aliphatic carbocycles. The first-order chi connectivity index (χ1) is 7.68. The molecule has 0 amide bonds. The van der Waals surface area contributed by atoms with Crippen LogP contribution in [0.1, 0.15) is 23.2 Å². The minimum atomic E-state index is -0.325. The van der Waals surface area contributed by atoms with Crippen molar-refractivity contribution in [1.29, 1.82) is 0 Å². The van der Waals surface area contributed by atoms with E-state index in [0.29, 0.717) is 10.0 Å². The molecule has 0 saturated carbocycles. The van der Waals surface area contributed by atoms with Crippen LogP contribution in [-0.2, 0) is 0 Å². The molecule has 16 heavy (non-hydrogen) atoms. The van der Waals surface area contributed by atoms with Gasteiger partial charge in [-0.15, -0.1) is 0 Å². The third kappa shape index (κ3) is 2.50. The number of hydrogen-bond donors (Lipinski definition) is 1. The van der Waals surface area contributed by atoms with Gasteiger partial charge in [0.25, 0.3) is 0 Å². The summed E-state index contributed by atoms with van der Waals surface area (Å²) in [5.41, 5.74) is 0.591. The summed E-state index contributed by atoms with van der Waals surface area (Å²) in [6, 6.07) is 4.23. The minimum absolute atomic E-state index is 0.0722. The van der Waals surface area contributed by atoms with Gasteiger partial charge in [-0.3, -0.25) is 4.79 Å². The number of benzene rings is 1. The van der Waals surface area contributed by atoms with Crippen LogP contribution in [0.25, 0.3) is 0 Å². The second kappa shape index (κ2) is 5.06. The number of carbonyl (C=O) groups excluding carboxylic acids is 1. The van der Waals surface area contributed by atoms with Crippen LogP contribution in [0.5, 0.6) is 0 Å². The van der Waals surface area contributed by atoms with Crippen LogP contribution in [0.3, 0.4) is 0 Å². The van der Waals surface area contributed by atoms with Gasteiger partial charge in [0, 0.05) is 16.0 Å². The number of rotatable bonds is 2. The fraction of sp³-hybridized carbons (Fsp3) is 0.417. The molecular weight excluding hydrogens is 273 g/mol. The van der Waals surface area contributed by atoms with Crippen LogP contribution in [0.4, 0.5) is 4.39 Å². The SMILES string of the molecule is O=C(c1ccc(F)cc1Br)C1CCNCC1. The van der Waals surface area contributed by atoms with Crippen LogP contribution < -0.4 is 5.32 Å². The molecule has 1 N–H and O–H groups in total. The fourth-order valence-corrected chi connectivity index (χ4v) is 2.54. The number of halogens is 2. The van der Waals surface area contributed by atoms with Gasteiger partial charge in [-0.05, 0) is 60.1 Å². The molecule has 86 valence electrons. The van der Waals surface area contributed by atoms with Crippen molar-refractivity contribution in [1.82, 2.24) is 5.32 Å². The summed E-state index contributed by atoms with van der Waals surface area (Å²) >= 11 is 3.24. The molecule has 1 fully saturated rings. The fourth-order valence-electron chi connectivity index (χ4n) is 1.99. The molecule has 0 radical (unpaired) electrons. The second-order valence-corrected chi connectivity index (χ2v) is 4.87. The summed E-state index contributed by atoms with van der Waals surface area (Å²) in [7, 11) is 0. The summed E-state index contributed by atoms with van der Waals surface area (Å²) in [5, 5.41) is 3.22. The molecule has 0 aromatic heterocycles. The highest BCUT2D eigenvalue weighted by Crippen LogP contribution is 2.24. The van der Waals surface area contributed by atoms with E-state index in [1.165, 1.54) is 12.1 Å². The zero-order valence-electron chi connectivity index (χ0n) is 8.80. The average Bonchev–Trinajstić information content (AvgIpc) is 2.29. The van der Waals surface area contributed by atoms with Crippen molar-refractivity contribution < 1.29 is 9.18 Å². The van der Waals surface area contributed by atoms with E-state index in [4.69, 9.17) is 0 Å². The highest BCUT2D eigenvalue weighted by Gasteiger charge is 2.23. The molecule has 2 nitrogen and oxygen atoms in total. The number of nitrogens with one attached hydrogen (secondary N) is 1. The van der Waals surface area contributed by atoms with Crippen LogP contribution >= 0.6 is 15.9 Å². The molecule has 0 unspecified atom stereocenters. The Balaban J connectivity index is 2.19. The highest BCUT2D eigenvalue weighted by atomic mass is 79.9. The molecule has 1 aliphatic rings. The van der Waals surface area contributed by atoms with Crippen molar-refractivity contribution in [3.05, 3.63) is 34.1 Å². The second-order valence-electron chi connectivity index (χ2n) is 4.01. The molecule has 0 atom stereocenters. The number of hydrogen-bond acceptors (Lipinski definition) is 2. The van der Waals surface area contributed by atoms with E-state index in [-0.39, 0.29) is 17.5 Å². The maximum atomic E-state index is 12.9. The summed E-state index contributed by atoms with van der Waals surface area (Å²) in [4.78, 5) is 12.2. The predicted molar refractivity (Wildman–Crippen MR) is 64.0 cm³/mol. The summed E-state index contributed by atoms with van der Waals surface area (Å²) < 4.78 is 13.5. The lowest BCUT2D eigenvalue weighted by Gasteiger charge is -2.21. The Bertz CT molecular complexity index is 402. The molecule has 2 rings (SSSR count). The van der Waals surface area contributed by atoms with Crippen LogP contribution in [-0.4, -0.2) is 18.9 Å². The zero-order valence-corrected chi connectivity index (χ0v) is 10.4. The maximum Gasteiger partial charge on any atom is 0.167 e. The van der Waals surface area contributed by atoms with Crippen molar-refractivity contribution in [2.24, 2.45) is 5.92 Å². The van der Waals surface area contributed by atoms with E-state index in [2.05, 4.69) is 21.2 Å². The maximum absolute atomic E-state index is 12.9. The van der Waals surface area contributed by atoms with Gasteiger partial charge in [0.1, 0.15) is 5.82 Å². The first-order valence-electron chi connectivity index (χ1n) is 5.38.